The highest BCUT2D eigenvalue weighted by Gasteiger charge is 2.11. The molecule has 0 aliphatic carbocycles. The quantitative estimate of drug-likeness (QED) is 0.605. The molecule has 4 aromatic rings. The van der Waals surface area contributed by atoms with Crippen molar-refractivity contribution in [2.45, 2.75) is 6.54 Å². The highest BCUT2D eigenvalue weighted by Crippen LogP contribution is 2.26. The number of hydrogen-bond acceptors (Lipinski definition) is 4. The first-order valence-electron chi connectivity index (χ1n) is 7.04. The van der Waals surface area contributed by atoms with Gasteiger partial charge in [-0.3, -0.25) is 5.10 Å². The summed E-state index contributed by atoms with van der Waals surface area (Å²) in [5.41, 5.74) is 4.32. The van der Waals surface area contributed by atoms with Crippen molar-refractivity contribution in [1.29, 1.82) is 0 Å². The van der Waals surface area contributed by atoms with E-state index in [0.717, 1.165) is 28.2 Å². The molecule has 0 fully saturated rings. The summed E-state index contributed by atoms with van der Waals surface area (Å²) in [5, 5.41) is 12.7. The number of para-hydroxylation sites is 2. The van der Waals surface area contributed by atoms with E-state index in [-0.39, 0.29) is 0 Å². The number of thiophene rings is 1. The molecule has 22 heavy (non-hydrogen) atoms. The van der Waals surface area contributed by atoms with Crippen molar-refractivity contribution in [3.63, 3.8) is 0 Å². The van der Waals surface area contributed by atoms with E-state index < -0.39 is 0 Å². The molecular weight excluding hydrogens is 294 g/mol. The molecule has 5 nitrogen and oxygen atoms in total. The zero-order valence-corrected chi connectivity index (χ0v) is 12.9. The average molecular weight is 309 g/mol. The Morgan fingerprint density at radius 2 is 2.14 bits per heavy atom. The third-order valence-corrected chi connectivity index (χ3v) is 4.60. The van der Waals surface area contributed by atoms with Crippen molar-refractivity contribution in [3.8, 4) is 10.6 Å². The van der Waals surface area contributed by atoms with Crippen LogP contribution in [0.4, 0.5) is 5.95 Å². The summed E-state index contributed by atoms with van der Waals surface area (Å²) in [6.45, 7) is 0.681. The molecule has 4 rings (SSSR count). The lowest BCUT2D eigenvalue weighted by Gasteiger charge is -2.06. The van der Waals surface area contributed by atoms with Gasteiger partial charge in [0.05, 0.1) is 27.8 Å². The van der Waals surface area contributed by atoms with Gasteiger partial charge >= 0.3 is 0 Å². The molecule has 0 amide bonds. The van der Waals surface area contributed by atoms with Gasteiger partial charge in [-0.1, -0.05) is 18.2 Å². The van der Waals surface area contributed by atoms with Crippen LogP contribution in [0.5, 0.6) is 0 Å². The van der Waals surface area contributed by atoms with Gasteiger partial charge in [0, 0.05) is 19.2 Å². The van der Waals surface area contributed by atoms with Crippen LogP contribution in [-0.4, -0.2) is 19.7 Å². The average Bonchev–Trinajstić information content (AvgIpc) is 3.25. The number of anilines is 1. The Morgan fingerprint density at radius 3 is 2.95 bits per heavy atom. The highest BCUT2D eigenvalue weighted by atomic mass is 32.1. The molecule has 6 heteroatoms. The lowest BCUT2D eigenvalue weighted by molar-refractivity contribution is 0.928. The van der Waals surface area contributed by atoms with Gasteiger partial charge in [-0.2, -0.15) is 5.10 Å². The zero-order chi connectivity index (χ0) is 14.9. The number of aryl methyl sites for hydroxylation is 1. The lowest BCUT2D eigenvalue weighted by Crippen LogP contribution is -2.05. The summed E-state index contributed by atoms with van der Waals surface area (Å²) in [4.78, 5) is 5.82. The topological polar surface area (TPSA) is 58.5 Å². The van der Waals surface area contributed by atoms with Crippen molar-refractivity contribution < 1.29 is 0 Å². The molecule has 0 bridgehead atoms. The summed E-state index contributed by atoms with van der Waals surface area (Å²) in [7, 11) is 2.02. The fourth-order valence-electron chi connectivity index (χ4n) is 2.56. The maximum atomic E-state index is 4.63. The Labute approximate surface area is 131 Å². The molecule has 0 aliphatic rings. The standard InChI is InChI=1S/C16H15N5S/c1-21-13-6-3-2-5-12(13)19-16(21)17-9-11-10-18-20-15(11)14-7-4-8-22-14/h2-8,10H,9H2,1H3,(H,17,19)(H,18,20). The van der Waals surface area contributed by atoms with Gasteiger partial charge < -0.3 is 9.88 Å². The van der Waals surface area contributed by atoms with E-state index in [9.17, 15) is 0 Å². The summed E-state index contributed by atoms with van der Waals surface area (Å²) < 4.78 is 2.07. The number of nitrogens with one attached hydrogen (secondary N) is 2. The molecule has 110 valence electrons. The SMILES string of the molecule is Cn1c(NCc2cn[nH]c2-c2cccs2)nc2ccccc21. The number of aromatic nitrogens is 4. The number of fused-ring (bicyclic) bond motifs is 1. The first kappa shape index (κ1) is 13.1. The third-order valence-electron chi connectivity index (χ3n) is 3.71. The van der Waals surface area contributed by atoms with Gasteiger partial charge in [-0.15, -0.1) is 11.3 Å². The van der Waals surface area contributed by atoms with Crippen LogP contribution in [0.2, 0.25) is 0 Å². The fraction of sp³-hybridized carbons (Fsp3) is 0.125. The smallest absolute Gasteiger partial charge is 0.203 e. The minimum Gasteiger partial charge on any atom is -0.351 e. The normalized spacial score (nSPS) is 11.1. The first-order chi connectivity index (χ1) is 10.8. The maximum Gasteiger partial charge on any atom is 0.203 e. The summed E-state index contributed by atoms with van der Waals surface area (Å²) in [6.07, 6.45) is 1.87. The van der Waals surface area contributed by atoms with Crippen LogP contribution in [0.3, 0.4) is 0 Å². The second-order valence-corrected chi connectivity index (χ2v) is 6.03. The Morgan fingerprint density at radius 1 is 1.23 bits per heavy atom. The van der Waals surface area contributed by atoms with Crippen LogP contribution < -0.4 is 5.32 Å². The van der Waals surface area contributed by atoms with Crippen LogP contribution in [0.25, 0.3) is 21.6 Å². The fourth-order valence-corrected chi connectivity index (χ4v) is 3.31. The molecule has 0 saturated carbocycles. The number of rotatable bonds is 4. The summed E-state index contributed by atoms with van der Waals surface area (Å²) in [6, 6.07) is 12.3. The second-order valence-electron chi connectivity index (χ2n) is 5.08. The Hall–Kier alpha value is -2.60. The van der Waals surface area contributed by atoms with Crippen molar-refractivity contribution in [1.82, 2.24) is 19.7 Å². The monoisotopic (exact) mass is 309 g/mol. The van der Waals surface area contributed by atoms with Crippen LogP contribution >= 0.6 is 11.3 Å². The number of benzene rings is 1. The second kappa shape index (κ2) is 5.31. The molecule has 3 heterocycles. The van der Waals surface area contributed by atoms with Crippen molar-refractivity contribution in [3.05, 3.63) is 53.5 Å². The number of H-pyrrole nitrogens is 1. The van der Waals surface area contributed by atoms with E-state index in [1.54, 1.807) is 11.3 Å². The lowest BCUT2D eigenvalue weighted by atomic mass is 10.2. The molecule has 0 radical (unpaired) electrons. The van der Waals surface area contributed by atoms with E-state index >= 15 is 0 Å². The van der Waals surface area contributed by atoms with E-state index in [4.69, 9.17) is 0 Å². The van der Waals surface area contributed by atoms with Crippen LogP contribution in [0.1, 0.15) is 5.56 Å². The molecule has 0 aliphatic heterocycles. The Kier molecular flexibility index (Phi) is 3.16. The number of hydrogen-bond donors (Lipinski definition) is 2. The minimum absolute atomic E-state index is 0.681. The van der Waals surface area contributed by atoms with Gasteiger partial charge in [0.1, 0.15) is 0 Å². The van der Waals surface area contributed by atoms with Crippen molar-refractivity contribution in [2.24, 2.45) is 7.05 Å². The summed E-state index contributed by atoms with van der Waals surface area (Å²) in [5.74, 6) is 0.861. The maximum absolute atomic E-state index is 4.63. The van der Waals surface area contributed by atoms with Crippen LogP contribution in [0.15, 0.2) is 48.0 Å². The molecule has 0 saturated heterocycles. The number of imidazole rings is 1. The molecular formula is C16H15N5S. The molecule has 0 atom stereocenters. The third kappa shape index (κ3) is 2.17. The van der Waals surface area contributed by atoms with Gasteiger partial charge in [0.25, 0.3) is 0 Å². The van der Waals surface area contributed by atoms with Gasteiger partial charge in [0.2, 0.25) is 5.95 Å². The predicted octanol–water partition coefficient (Wildman–Crippen LogP) is 3.64. The van der Waals surface area contributed by atoms with E-state index in [2.05, 4.69) is 42.6 Å². The molecule has 0 unspecified atom stereocenters. The molecule has 1 aromatic carbocycles. The number of aromatic amines is 1. The van der Waals surface area contributed by atoms with Gasteiger partial charge in [-0.05, 0) is 23.6 Å². The zero-order valence-electron chi connectivity index (χ0n) is 12.1. The Balaban J connectivity index is 1.60. The molecule has 2 N–H and O–H groups in total. The molecule has 3 aromatic heterocycles. The van der Waals surface area contributed by atoms with Gasteiger partial charge in [0.15, 0.2) is 0 Å². The number of nitrogens with zero attached hydrogens (tertiary/aromatic N) is 3. The van der Waals surface area contributed by atoms with E-state index in [1.165, 1.54) is 4.88 Å². The van der Waals surface area contributed by atoms with Crippen LogP contribution in [0, 0.1) is 0 Å². The van der Waals surface area contributed by atoms with Gasteiger partial charge in [-0.25, -0.2) is 4.98 Å². The van der Waals surface area contributed by atoms with E-state index in [0.29, 0.717) is 6.54 Å². The predicted molar refractivity (Wildman–Crippen MR) is 89.9 cm³/mol. The Bertz CT molecular complexity index is 904. The first-order valence-corrected chi connectivity index (χ1v) is 7.92. The van der Waals surface area contributed by atoms with Crippen molar-refractivity contribution in [2.75, 3.05) is 5.32 Å². The highest BCUT2D eigenvalue weighted by molar-refractivity contribution is 7.13. The van der Waals surface area contributed by atoms with E-state index in [1.807, 2.05) is 37.5 Å². The molecule has 0 spiro atoms. The van der Waals surface area contributed by atoms with Crippen molar-refractivity contribution >= 4 is 28.3 Å². The largest absolute Gasteiger partial charge is 0.351 e. The minimum atomic E-state index is 0.681. The summed E-state index contributed by atoms with van der Waals surface area (Å²) >= 11 is 1.70. The van der Waals surface area contributed by atoms with Crippen LogP contribution in [-0.2, 0) is 13.6 Å².